The van der Waals surface area contributed by atoms with E-state index in [-0.39, 0.29) is 12.3 Å². The molecule has 1 aliphatic carbocycles. The second kappa shape index (κ2) is 8.95. The van der Waals surface area contributed by atoms with E-state index in [1.807, 2.05) is 0 Å². The highest BCUT2D eigenvalue weighted by Crippen LogP contribution is 2.29. The van der Waals surface area contributed by atoms with Crippen LogP contribution in [-0.2, 0) is 17.6 Å². The topological polar surface area (TPSA) is 80.3 Å². The van der Waals surface area contributed by atoms with Crippen molar-refractivity contribution in [1.29, 1.82) is 0 Å². The van der Waals surface area contributed by atoms with Crippen molar-refractivity contribution in [3.63, 3.8) is 0 Å². The van der Waals surface area contributed by atoms with Crippen LogP contribution in [0.25, 0.3) is 0 Å². The number of nitrogens with two attached hydrogens (primary N) is 1. The van der Waals surface area contributed by atoms with Gasteiger partial charge in [-0.05, 0) is 33.2 Å². The average Bonchev–Trinajstić information content (AvgIpc) is 3.03. The Morgan fingerprint density at radius 2 is 1.88 bits per heavy atom. The molecule has 26 heavy (non-hydrogen) atoms. The zero-order valence-electron chi connectivity index (χ0n) is 16.4. The Bertz CT molecular complexity index is 587. The fourth-order valence-electron chi connectivity index (χ4n) is 4.21. The van der Waals surface area contributed by atoms with Crippen molar-refractivity contribution in [2.24, 2.45) is 5.73 Å². The normalized spacial score (nSPS) is 21.8. The van der Waals surface area contributed by atoms with Crippen LogP contribution < -0.4 is 5.73 Å². The maximum Gasteiger partial charge on any atom is 0.225 e. The summed E-state index contributed by atoms with van der Waals surface area (Å²) in [6.07, 6.45) is 8.29. The summed E-state index contributed by atoms with van der Waals surface area (Å²) < 4.78 is 2.12. The zero-order valence-corrected chi connectivity index (χ0v) is 16.4. The van der Waals surface area contributed by atoms with Crippen LogP contribution in [0, 0.1) is 0 Å². The van der Waals surface area contributed by atoms with E-state index in [4.69, 9.17) is 5.73 Å². The summed E-state index contributed by atoms with van der Waals surface area (Å²) in [6.45, 7) is 6.88. The van der Waals surface area contributed by atoms with Crippen LogP contribution in [0.3, 0.4) is 0 Å². The van der Waals surface area contributed by atoms with E-state index in [1.54, 1.807) is 0 Å². The van der Waals surface area contributed by atoms with Crippen molar-refractivity contribution >= 4 is 5.91 Å². The largest absolute Gasteiger partial charge is 0.369 e. The van der Waals surface area contributed by atoms with Crippen LogP contribution in [0.2, 0.25) is 0 Å². The highest BCUT2D eigenvalue weighted by molar-refractivity contribution is 5.75. The van der Waals surface area contributed by atoms with Gasteiger partial charge in [-0.15, -0.1) is 0 Å². The molecule has 3 rings (SSSR count). The summed E-state index contributed by atoms with van der Waals surface area (Å²) in [5, 5.41) is 4.66. The van der Waals surface area contributed by atoms with Crippen molar-refractivity contribution in [1.82, 2.24) is 24.6 Å². The van der Waals surface area contributed by atoms with Gasteiger partial charge >= 0.3 is 0 Å². The summed E-state index contributed by atoms with van der Waals surface area (Å²) in [6, 6.07) is 0.978. The quantitative estimate of drug-likeness (QED) is 0.793. The van der Waals surface area contributed by atoms with Gasteiger partial charge in [0.05, 0.1) is 12.5 Å². The minimum absolute atomic E-state index is 0.140. The van der Waals surface area contributed by atoms with E-state index in [0.29, 0.717) is 17.9 Å². The molecule has 1 aliphatic heterocycles. The number of carbonyl (C=O) groups is 1. The molecule has 2 aliphatic rings. The molecule has 1 aromatic rings. The lowest BCUT2D eigenvalue weighted by Gasteiger charge is -2.36. The van der Waals surface area contributed by atoms with E-state index < -0.39 is 0 Å². The molecule has 2 fully saturated rings. The Morgan fingerprint density at radius 1 is 1.19 bits per heavy atom. The number of amides is 1. The van der Waals surface area contributed by atoms with Crippen LogP contribution in [-0.4, -0.2) is 69.7 Å². The second-order valence-electron chi connectivity index (χ2n) is 8.05. The summed E-state index contributed by atoms with van der Waals surface area (Å²) in [4.78, 5) is 20.9. The maximum absolute atomic E-state index is 11.3. The molecule has 0 spiro atoms. The lowest BCUT2D eigenvalue weighted by Crippen LogP contribution is -2.48. The van der Waals surface area contributed by atoms with Gasteiger partial charge in [0.1, 0.15) is 5.82 Å². The van der Waals surface area contributed by atoms with Gasteiger partial charge in [0.15, 0.2) is 5.82 Å². The van der Waals surface area contributed by atoms with Gasteiger partial charge in [-0.1, -0.05) is 19.3 Å². The van der Waals surface area contributed by atoms with Gasteiger partial charge in [-0.25, -0.2) is 9.67 Å². The van der Waals surface area contributed by atoms with Gasteiger partial charge in [0.2, 0.25) is 5.91 Å². The second-order valence-corrected chi connectivity index (χ2v) is 8.05. The van der Waals surface area contributed by atoms with Crippen LogP contribution in [0.15, 0.2) is 0 Å². The Labute approximate surface area is 156 Å². The molecule has 7 heteroatoms. The van der Waals surface area contributed by atoms with Crippen LogP contribution in [0.1, 0.15) is 63.1 Å². The lowest BCUT2D eigenvalue weighted by molar-refractivity contribution is -0.117. The molecule has 2 heterocycles. The van der Waals surface area contributed by atoms with Crippen LogP contribution in [0.4, 0.5) is 0 Å². The minimum atomic E-state index is -0.358. The third-order valence-corrected chi connectivity index (χ3v) is 5.95. The summed E-state index contributed by atoms with van der Waals surface area (Å²) in [7, 11) is 2.19. The van der Waals surface area contributed by atoms with Crippen molar-refractivity contribution in [3.05, 3.63) is 11.6 Å². The predicted octanol–water partition coefficient (Wildman–Crippen LogP) is 1.38. The van der Waals surface area contributed by atoms with E-state index in [0.717, 1.165) is 44.8 Å². The molecule has 1 atom stereocenters. The van der Waals surface area contributed by atoms with Gasteiger partial charge in [-0.3, -0.25) is 9.69 Å². The average molecular weight is 363 g/mol. The van der Waals surface area contributed by atoms with E-state index in [1.165, 1.54) is 32.1 Å². The van der Waals surface area contributed by atoms with E-state index in [2.05, 4.69) is 38.5 Å². The van der Waals surface area contributed by atoms with E-state index >= 15 is 0 Å². The summed E-state index contributed by atoms with van der Waals surface area (Å²) in [5.41, 5.74) is 5.35. The first-order valence-corrected chi connectivity index (χ1v) is 10.2. The number of hydrogen-bond donors (Lipinski definition) is 1. The molecule has 146 valence electrons. The zero-order chi connectivity index (χ0) is 18.5. The van der Waals surface area contributed by atoms with Crippen molar-refractivity contribution in [2.45, 2.75) is 70.4 Å². The first-order valence-electron chi connectivity index (χ1n) is 10.2. The molecule has 7 nitrogen and oxygen atoms in total. The molecule has 1 saturated heterocycles. The molecular weight excluding hydrogens is 328 g/mol. The molecule has 0 aromatic carbocycles. The monoisotopic (exact) mass is 362 g/mol. The molecule has 1 amide bonds. The number of aryl methyl sites for hydroxylation is 1. The van der Waals surface area contributed by atoms with Crippen LogP contribution in [0.5, 0.6) is 0 Å². The molecule has 1 aromatic heterocycles. The third-order valence-electron chi connectivity index (χ3n) is 5.95. The standard InChI is InChI=1S/C19H34N6O/c1-15(24-12-10-23(2)11-13-24)8-9-19-21-18(14-17(20)26)22-25(19)16-6-4-3-5-7-16/h15-16H,3-14H2,1-2H3,(H2,20,26). The SMILES string of the molecule is CC(CCc1nc(CC(N)=O)nn1C1CCCCC1)N1CCN(C)CC1. The number of primary amides is 1. The van der Waals surface area contributed by atoms with E-state index in [9.17, 15) is 4.79 Å². The smallest absolute Gasteiger partial charge is 0.225 e. The highest BCUT2D eigenvalue weighted by atomic mass is 16.1. The lowest BCUT2D eigenvalue weighted by atomic mass is 9.95. The highest BCUT2D eigenvalue weighted by Gasteiger charge is 2.23. The van der Waals surface area contributed by atoms with Gasteiger partial charge in [-0.2, -0.15) is 5.10 Å². The fourth-order valence-corrected chi connectivity index (χ4v) is 4.21. The number of nitrogens with zero attached hydrogens (tertiary/aromatic N) is 5. The molecule has 1 unspecified atom stereocenters. The predicted molar refractivity (Wildman–Crippen MR) is 102 cm³/mol. The van der Waals surface area contributed by atoms with Gasteiger partial charge < -0.3 is 10.6 Å². The van der Waals surface area contributed by atoms with Gasteiger partial charge in [0, 0.05) is 38.6 Å². The Balaban J connectivity index is 1.64. The van der Waals surface area contributed by atoms with Gasteiger partial charge in [0.25, 0.3) is 0 Å². The van der Waals surface area contributed by atoms with Crippen LogP contribution >= 0.6 is 0 Å². The molecule has 0 bridgehead atoms. The molecule has 1 saturated carbocycles. The minimum Gasteiger partial charge on any atom is -0.369 e. The molecule has 0 radical (unpaired) electrons. The maximum atomic E-state index is 11.3. The molecule has 2 N–H and O–H groups in total. The third kappa shape index (κ3) is 5.04. The first kappa shape index (κ1) is 19.3. The number of aromatic nitrogens is 3. The number of likely N-dealkylation sites (N-methyl/N-ethyl adjacent to an activating group) is 1. The fraction of sp³-hybridized carbons (Fsp3) is 0.842. The Morgan fingerprint density at radius 3 is 2.54 bits per heavy atom. The number of hydrogen-bond acceptors (Lipinski definition) is 5. The number of piperazine rings is 1. The summed E-state index contributed by atoms with van der Waals surface area (Å²) >= 11 is 0. The van der Waals surface area contributed by atoms with Crippen molar-refractivity contribution in [2.75, 3.05) is 33.2 Å². The summed E-state index contributed by atoms with van der Waals surface area (Å²) in [5.74, 6) is 1.27. The van der Waals surface area contributed by atoms with Crippen molar-refractivity contribution in [3.8, 4) is 0 Å². The Kier molecular flexibility index (Phi) is 6.64. The first-order chi connectivity index (χ1) is 12.5. The van der Waals surface area contributed by atoms with Crippen molar-refractivity contribution < 1.29 is 4.79 Å². The Hall–Kier alpha value is -1.47. The number of rotatable bonds is 7. The molecular formula is C19H34N6O. The number of carbonyl (C=O) groups excluding carboxylic acids is 1.